The van der Waals surface area contributed by atoms with Crippen molar-refractivity contribution in [1.29, 1.82) is 5.26 Å². The van der Waals surface area contributed by atoms with Crippen LogP contribution in [-0.2, 0) is 9.59 Å². The molecular weight excluding hydrogens is 246 g/mol. The van der Waals surface area contributed by atoms with Crippen molar-refractivity contribution in [3.63, 3.8) is 0 Å². The van der Waals surface area contributed by atoms with E-state index in [4.69, 9.17) is 10.4 Å². The standard InChI is InChI=1S/C13H13N3O3/c1-16(11-5-3-2-4-6-11)9-10(7-14)13(19)15-8-12(17)18/h2-6,9H,8H2,1H3,(H,15,19)(H,17,18)/b10-9-. The summed E-state index contributed by atoms with van der Waals surface area (Å²) in [5.41, 5.74) is 0.647. The van der Waals surface area contributed by atoms with E-state index >= 15 is 0 Å². The number of para-hydroxylation sites is 1. The van der Waals surface area contributed by atoms with Crippen LogP contribution in [0.2, 0.25) is 0 Å². The molecule has 2 N–H and O–H groups in total. The SMILES string of the molecule is CN(/C=C(/C#N)C(=O)NCC(=O)O)c1ccccc1. The van der Waals surface area contributed by atoms with Crippen LogP contribution in [0.25, 0.3) is 0 Å². The molecule has 0 aliphatic heterocycles. The highest BCUT2D eigenvalue weighted by molar-refractivity contribution is 5.98. The summed E-state index contributed by atoms with van der Waals surface area (Å²) in [6.07, 6.45) is 1.35. The minimum absolute atomic E-state index is 0.160. The Morgan fingerprint density at radius 3 is 2.58 bits per heavy atom. The van der Waals surface area contributed by atoms with Crippen LogP contribution in [0.15, 0.2) is 42.1 Å². The lowest BCUT2D eigenvalue weighted by molar-refractivity contribution is -0.137. The fourth-order valence-corrected chi connectivity index (χ4v) is 1.32. The van der Waals surface area contributed by atoms with Crippen molar-refractivity contribution in [2.24, 2.45) is 0 Å². The molecule has 1 aromatic carbocycles. The molecule has 6 heteroatoms. The van der Waals surface area contributed by atoms with E-state index in [1.807, 2.05) is 30.3 Å². The number of benzene rings is 1. The highest BCUT2D eigenvalue weighted by atomic mass is 16.4. The fraction of sp³-hybridized carbons (Fsp3) is 0.154. The van der Waals surface area contributed by atoms with E-state index in [-0.39, 0.29) is 5.57 Å². The lowest BCUT2D eigenvalue weighted by Gasteiger charge is -2.14. The molecule has 6 nitrogen and oxygen atoms in total. The normalized spacial score (nSPS) is 10.4. The van der Waals surface area contributed by atoms with Crippen LogP contribution in [0.4, 0.5) is 5.69 Å². The first kappa shape index (κ1) is 14.3. The van der Waals surface area contributed by atoms with Gasteiger partial charge >= 0.3 is 5.97 Å². The Kier molecular flexibility index (Phi) is 5.11. The Hall–Kier alpha value is -2.81. The summed E-state index contributed by atoms with van der Waals surface area (Å²) >= 11 is 0. The molecule has 0 spiro atoms. The van der Waals surface area contributed by atoms with Crippen molar-refractivity contribution in [2.45, 2.75) is 0 Å². The molecule has 0 fully saturated rings. The zero-order valence-electron chi connectivity index (χ0n) is 10.3. The Morgan fingerprint density at radius 2 is 2.05 bits per heavy atom. The van der Waals surface area contributed by atoms with Gasteiger partial charge in [-0.1, -0.05) is 18.2 Å². The largest absolute Gasteiger partial charge is 0.480 e. The zero-order valence-corrected chi connectivity index (χ0v) is 10.3. The second kappa shape index (κ2) is 6.81. The van der Waals surface area contributed by atoms with Gasteiger partial charge in [-0.15, -0.1) is 0 Å². The van der Waals surface area contributed by atoms with Crippen LogP contribution < -0.4 is 10.2 Å². The number of hydrogen-bond donors (Lipinski definition) is 2. The Bertz CT molecular complexity index is 532. The van der Waals surface area contributed by atoms with E-state index in [0.717, 1.165) is 5.69 Å². The summed E-state index contributed by atoms with van der Waals surface area (Å²) in [6, 6.07) is 10.9. The summed E-state index contributed by atoms with van der Waals surface area (Å²) in [7, 11) is 1.69. The number of aliphatic carboxylic acids is 1. The Morgan fingerprint density at radius 1 is 1.42 bits per heavy atom. The van der Waals surface area contributed by atoms with Crippen molar-refractivity contribution in [3.8, 4) is 6.07 Å². The molecule has 98 valence electrons. The molecular formula is C13H13N3O3. The number of anilines is 1. The second-order valence-corrected chi connectivity index (χ2v) is 3.68. The predicted octanol–water partition coefficient (Wildman–Crippen LogP) is 0.731. The lowest BCUT2D eigenvalue weighted by Crippen LogP contribution is -2.30. The van der Waals surface area contributed by atoms with Crippen molar-refractivity contribution in [1.82, 2.24) is 5.32 Å². The van der Waals surface area contributed by atoms with Gasteiger partial charge < -0.3 is 15.3 Å². The van der Waals surface area contributed by atoms with Crippen LogP contribution in [0.3, 0.4) is 0 Å². The highest BCUT2D eigenvalue weighted by Crippen LogP contribution is 2.12. The molecule has 0 aliphatic carbocycles. The molecule has 0 unspecified atom stereocenters. The first-order valence-electron chi connectivity index (χ1n) is 5.44. The molecule has 19 heavy (non-hydrogen) atoms. The number of nitrogens with zero attached hydrogens (tertiary/aromatic N) is 2. The average Bonchev–Trinajstić information content (AvgIpc) is 2.42. The van der Waals surface area contributed by atoms with Crippen molar-refractivity contribution in [2.75, 3.05) is 18.5 Å². The van der Waals surface area contributed by atoms with Gasteiger partial charge in [-0.05, 0) is 12.1 Å². The van der Waals surface area contributed by atoms with E-state index in [2.05, 4.69) is 5.32 Å². The fourth-order valence-electron chi connectivity index (χ4n) is 1.32. The Balaban J connectivity index is 2.79. The maximum atomic E-state index is 11.6. The number of rotatable bonds is 5. The summed E-state index contributed by atoms with van der Waals surface area (Å²) in [5, 5.41) is 19.5. The summed E-state index contributed by atoms with van der Waals surface area (Å²) < 4.78 is 0. The van der Waals surface area contributed by atoms with Crippen LogP contribution in [0, 0.1) is 11.3 Å². The molecule has 1 amide bonds. The van der Waals surface area contributed by atoms with Crippen molar-refractivity contribution < 1.29 is 14.7 Å². The topological polar surface area (TPSA) is 93.4 Å². The van der Waals surface area contributed by atoms with E-state index in [1.165, 1.54) is 6.20 Å². The third kappa shape index (κ3) is 4.52. The number of nitriles is 1. The van der Waals surface area contributed by atoms with E-state index in [9.17, 15) is 9.59 Å². The molecule has 0 aliphatic rings. The first-order chi connectivity index (χ1) is 9.04. The van der Waals surface area contributed by atoms with Crippen LogP contribution >= 0.6 is 0 Å². The van der Waals surface area contributed by atoms with Gasteiger partial charge in [-0.25, -0.2) is 0 Å². The molecule has 1 aromatic rings. The predicted molar refractivity (Wildman–Crippen MR) is 69.2 cm³/mol. The van der Waals surface area contributed by atoms with Gasteiger partial charge in [0.2, 0.25) is 0 Å². The van der Waals surface area contributed by atoms with Crippen LogP contribution in [-0.4, -0.2) is 30.6 Å². The van der Waals surface area contributed by atoms with Gasteiger partial charge in [0.05, 0.1) is 0 Å². The van der Waals surface area contributed by atoms with Gasteiger partial charge in [-0.3, -0.25) is 9.59 Å². The maximum absolute atomic E-state index is 11.6. The van der Waals surface area contributed by atoms with Gasteiger partial charge in [0, 0.05) is 18.9 Å². The number of amides is 1. The molecule has 1 rings (SSSR count). The molecule has 0 saturated heterocycles. The monoisotopic (exact) mass is 259 g/mol. The van der Waals surface area contributed by atoms with Crippen molar-refractivity contribution >= 4 is 17.6 Å². The second-order valence-electron chi connectivity index (χ2n) is 3.68. The average molecular weight is 259 g/mol. The van der Waals surface area contributed by atoms with E-state index < -0.39 is 18.4 Å². The van der Waals surface area contributed by atoms with Gasteiger partial charge in [0.1, 0.15) is 18.2 Å². The van der Waals surface area contributed by atoms with Crippen LogP contribution in [0.5, 0.6) is 0 Å². The van der Waals surface area contributed by atoms with Gasteiger partial charge in [-0.2, -0.15) is 5.26 Å². The van der Waals surface area contributed by atoms with Gasteiger partial charge in [0.25, 0.3) is 5.91 Å². The minimum atomic E-state index is -1.16. The summed E-state index contributed by atoms with van der Waals surface area (Å²) in [6.45, 7) is -0.521. The molecule has 0 saturated carbocycles. The quantitative estimate of drug-likeness (QED) is 0.600. The molecule has 0 heterocycles. The molecule has 0 radical (unpaired) electrons. The zero-order chi connectivity index (χ0) is 14.3. The summed E-state index contributed by atoms with van der Waals surface area (Å²) in [4.78, 5) is 23.5. The van der Waals surface area contributed by atoms with Crippen LogP contribution in [0.1, 0.15) is 0 Å². The van der Waals surface area contributed by atoms with Crippen molar-refractivity contribution in [3.05, 3.63) is 42.1 Å². The molecule has 0 aromatic heterocycles. The van der Waals surface area contributed by atoms with E-state index in [1.54, 1.807) is 18.0 Å². The van der Waals surface area contributed by atoms with E-state index in [0.29, 0.717) is 0 Å². The number of hydrogen-bond acceptors (Lipinski definition) is 4. The molecule has 0 bridgehead atoms. The minimum Gasteiger partial charge on any atom is -0.480 e. The summed E-state index contributed by atoms with van der Waals surface area (Å²) in [5.74, 6) is -1.88. The third-order valence-electron chi connectivity index (χ3n) is 2.25. The lowest BCUT2D eigenvalue weighted by atomic mass is 10.2. The highest BCUT2D eigenvalue weighted by Gasteiger charge is 2.11. The smallest absolute Gasteiger partial charge is 0.322 e. The van der Waals surface area contributed by atoms with Gasteiger partial charge in [0.15, 0.2) is 0 Å². The Labute approximate surface area is 110 Å². The number of carboxylic acid groups (broad SMARTS) is 1. The number of nitrogens with one attached hydrogen (secondary N) is 1. The molecule has 0 atom stereocenters. The maximum Gasteiger partial charge on any atom is 0.322 e. The number of carbonyl (C=O) groups excluding carboxylic acids is 1. The number of carboxylic acids is 1. The number of carbonyl (C=O) groups is 2. The first-order valence-corrected chi connectivity index (χ1v) is 5.44. The third-order valence-corrected chi connectivity index (χ3v) is 2.25.